The second-order valence-corrected chi connectivity index (χ2v) is 8.50. The van der Waals surface area contributed by atoms with E-state index in [4.69, 9.17) is 9.47 Å². The number of nitrogens with zero attached hydrogens (tertiary/aromatic N) is 5. The first-order chi connectivity index (χ1) is 15.5. The van der Waals surface area contributed by atoms with Crippen molar-refractivity contribution in [2.24, 2.45) is 7.05 Å². The number of aromatic nitrogens is 2. The fraction of sp³-hybridized carbons (Fsp3) is 0.522. The Balaban J connectivity index is 1.51. The highest BCUT2D eigenvalue weighted by Gasteiger charge is 2.57. The minimum atomic E-state index is -0.806. The van der Waals surface area contributed by atoms with Gasteiger partial charge in [-0.1, -0.05) is 12.1 Å². The first-order valence-corrected chi connectivity index (χ1v) is 10.9. The maximum atomic E-state index is 13.7. The highest BCUT2D eigenvalue weighted by atomic mass is 16.5. The molecule has 1 aromatic heterocycles. The second-order valence-electron chi connectivity index (χ2n) is 8.50. The van der Waals surface area contributed by atoms with Crippen molar-refractivity contribution in [1.82, 2.24) is 24.5 Å². The van der Waals surface area contributed by atoms with Crippen molar-refractivity contribution in [1.29, 1.82) is 0 Å². The third kappa shape index (κ3) is 4.22. The Morgan fingerprint density at radius 2 is 1.88 bits per heavy atom. The number of methoxy groups -OCH3 is 2. The summed E-state index contributed by atoms with van der Waals surface area (Å²) in [6, 6.07) is 7.25. The zero-order valence-corrected chi connectivity index (χ0v) is 19.0. The summed E-state index contributed by atoms with van der Waals surface area (Å²) in [6.07, 6.45) is 5.09. The van der Waals surface area contributed by atoms with Crippen LogP contribution in [0.15, 0.2) is 36.7 Å². The maximum absolute atomic E-state index is 13.7. The molecule has 2 aromatic rings. The summed E-state index contributed by atoms with van der Waals surface area (Å²) in [6.45, 7) is 3.30. The summed E-state index contributed by atoms with van der Waals surface area (Å²) in [4.78, 5) is 32.4. The normalized spacial score (nSPS) is 18.7. The Kier molecular flexibility index (Phi) is 6.48. The molecule has 0 bridgehead atoms. The number of aryl methyl sites for hydroxylation is 1. The number of likely N-dealkylation sites (tertiary alicyclic amines) is 1. The van der Waals surface area contributed by atoms with Crippen LogP contribution in [0.4, 0.5) is 4.79 Å². The van der Waals surface area contributed by atoms with Crippen LogP contribution in [0.25, 0.3) is 0 Å². The summed E-state index contributed by atoms with van der Waals surface area (Å²) in [7, 11) is 5.12. The summed E-state index contributed by atoms with van der Waals surface area (Å²) in [5.41, 5.74) is 1.21. The average molecular weight is 442 g/mol. The highest BCUT2D eigenvalue weighted by molar-refractivity contribution is 6.07. The summed E-state index contributed by atoms with van der Waals surface area (Å²) >= 11 is 0. The fourth-order valence-corrected chi connectivity index (χ4v) is 4.74. The van der Waals surface area contributed by atoms with E-state index in [9.17, 15) is 9.59 Å². The van der Waals surface area contributed by atoms with Crippen LogP contribution in [-0.4, -0.2) is 82.4 Å². The first kappa shape index (κ1) is 22.3. The molecule has 1 spiro atoms. The minimum Gasteiger partial charge on any atom is -0.497 e. The van der Waals surface area contributed by atoms with Crippen molar-refractivity contribution in [2.75, 3.05) is 40.5 Å². The zero-order valence-electron chi connectivity index (χ0n) is 19.0. The molecule has 0 aliphatic carbocycles. The van der Waals surface area contributed by atoms with Gasteiger partial charge >= 0.3 is 6.03 Å². The van der Waals surface area contributed by atoms with Crippen molar-refractivity contribution in [3.8, 4) is 5.75 Å². The molecule has 2 aliphatic heterocycles. The van der Waals surface area contributed by atoms with Gasteiger partial charge < -0.3 is 14.4 Å². The standard InChI is InChI=1S/C23H31N5O4/c1-25-15-19(14-24-25)16-26-9-7-23(8-10-26)21(29)27(22(30)28(23)11-12-31-2)17-18-5-4-6-20(13-18)32-3/h4-6,13-15H,7-12,16-17H2,1-3H3. The van der Waals surface area contributed by atoms with Gasteiger partial charge in [0.15, 0.2) is 0 Å². The molecule has 172 valence electrons. The first-order valence-electron chi connectivity index (χ1n) is 10.9. The molecule has 0 unspecified atom stereocenters. The van der Waals surface area contributed by atoms with E-state index in [0.717, 1.165) is 30.8 Å². The summed E-state index contributed by atoms with van der Waals surface area (Å²) in [5.74, 6) is 0.596. The fourth-order valence-electron chi connectivity index (χ4n) is 4.74. The SMILES string of the molecule is COCCN1C(=O)N(Cc2cccc(OC)c2)C(=O)C12CCN(Cc1cnn(C)c1)CC2. The Labute approximate surface area is 188 Å². The van der Waals surface area contributed by atoms with Gasteiger partial charge in [0.05, 0.1) is 26.5 Å². The van der Waals surface area contributed by atoms with E-state index in [0.29, 0.717) is 31.7 Å². The molecule has 2 aliphatic rings. The molecule has 0 atom stereocenters. The molecule has 3 heterocycles. The van der Waals surface area contributed by atoms with Crippen LogP contribution in [0.2, 0.25) is 0 Å². The van der Waals surface area contributed by atoms with Crippen LogP contribution in [0.5, 0.6) is 5.75 Å². The lowest BCUT2D eigenvalue weighted by Crippen LogP contribution is -2.57. The lowest BCUT2D eigenvalue weighted by molar-refractivity contribution is -0.136. The molecule has 2 fully saturated rings. The predicted molar refractivity (Wildman–Crippen MR) is 118 cm³/mol. The minimum absolute atomic E-state index is 0.109. The molecule has 32 heavy (non-hydrogen) atoms. The number of hydrogen-bond acceptors (Lipinski definition) is 6. The molecule has 0 saturated carbocycles. The molecule has 9 heteroatoms. The largest absolute Gasteiger partial charge is 0.497 e. The second kappa shape index (κ2) is 9.30. The van der Waals surface area contributed by atoms with E-state index < -0.39 is 5.54 Å². The number of piperidine rings is 1. The highest BCUT2D eigenvalue weighted by Crippen LogP contribution is 2.38. The van der Waals surface area contributed by atoms with Gasteiger partial charge in [-0.3, -0.25) is 19.3 Å². The molecule has 2 saturated heterocycles. The van der Waals surface area contributed by atoms with E-state index in [1.807, 2.05) is 43.7 Å². The van der Waals surface area contributed by atoms with E-state index in [1.54, 1.807) is 23.8 Å². The molecule has 0 N–H and O–H groups in total. The van der Waals surface area contributed by atoms with E-state index in [2.05, 4.69) is 10.00 Å². The van der Waals surface area contributed by atoms with Crippen molar-refractivity contribution in [3.05, 3.63) is 47.8 Å². The molecule has 4 rings (SSSR count). The van der Waals surface area contributed by atoms with E-state index in [-0.39, 0.29) is 18.5 Å². The lowest BCUT2D eigenvalue weighted by atomic mass is 9.85. The Morgan fingerprint density at radius 3 is 2.53 bits per heavy atom. The van der Waals surface area contributed by atoms with Crippen molar-refractivity contribution in [2.45, 2.75) is 31.5 Å². The number of benzene rings is 1. The number of rotatable bonds is 8. The third-order valence-electron chi connectivity index (χ3n) is 6.46. The number of urea groups is 1. The molecule has 9 nitrogen and oxygen atoms in total. The van der Waals surface area contributed by atoms with Gasteiger partial charge in [0, 0.05) is 52.1 Å². The van der Waals surface area contributed by atoms with E-state index in [1.165, 1.54) is 4.90 Å². The quantitative estimate of drug-likeness (QED) is 0.582. The number of carbonyl (C=O) groups is 2. The lowest BCUT2D eigenvalue weighted by Gasteiger charge is -2.42. The topological polar surface area (TPSA) is 80.1 Å². The van der Waals surface area contributed by atoms with Crippen LogP contribution >= 0.6 is 0 Å². The summed E-state index contributed by atoms with van der Waals surface area (Å²) in [5, 5.41) is 4.24. The number of carbonyl (C=O) groups excluding carboxylic acids is 2. The van der Waals surface area contributed by atoms with Crippen molar-refractivity contribution in [3.63, 3.8) is 0 Å². The van der Waals surface area contributed by atoms with Gasteiger partial charge in [0.25, 0.3) is 5.91 Å². The van der Waals surface area contributed by atoms with Crippen LogP contribution in [0.3, 0.4) is 0 Å². The van der Waals surface area contributed by atoms with Gasteiger partial charge in [-0.05, 0) is 30.5 Å². The molecule has 3 amide bonds. The smallest absolute Gasteiger partial charge is 0.328 e. The predicted octanol–water partition coefficient (Wildman–Crippen LogP) is 1.87. The van der Waals surface area contributed by atoms with Crippen LogP contribution < -0.4 is 4.74 Å². The van der Waals surface area contributed by atoms with Crippen molar-refractivity contribution < 1.29 is 19.1 Å². The average Bonchev–Trinajstić information content (AvgIpc) is 3.29. The van der Waals surface area contributed by atoms with Gasteiger partial charge in [0.2, 0.25) is 0 Å². The zero-order chi connectivity index (χ0) is 22.7. The number of ether oxygens (including phenoxy) is 2. The van der Waals surface area contributed by atoms with Crippen LogP contribution in [0.1, 0.15) is 24.0 Å². The Hall–Kier alpha value is -2.91. The number of amides is 3. The van der Waals surface area contributed by atoms with Gasteiger partial charge in [-0.15, -0.1) is 0 Å². The number of imide groups is 1. The van der Waals surface area contributed by atoms with Crippen LogP contribution in [-0.2, 0) is 29.7 Å². The monoisotopic (exact) mass is 441 g/mol. The van der Waals surface area contributed by atoms with Crippen molar-refractivity contribution >= 4 is 11.9 Å². The van der Waals surface area contributed by atoms with E-state index >= 15 is 0 Å². The Bertz CT molecular complexity index is 967. The van der Waals surface area contributed by atoms with Gasteiger partial charge in [0.1, 0.15) is 11.3 Å². The number of hydrogen-bond donors (Lipinski definition) is 0. The van der Waals surface area contributed by atoms with Crippen LogP contribution in [0, 0.1) is 0 Å². The van der Waals surface area contributed by atoms with Gasteiger partial charge in [-0.2, -0.15) is 5.10 Å². The third-order valence-corrected chi connectivity index (χ3v) is 6.46. The molecular formula is C23H31N5O4. The van der Waals surface area contributed by atoms with Gasteiger partial charge in [-0.25, -0.2) is 4.79 Å². The molecular weight excluding hydrogens is 410 g/mol. The molecule has 1 aromatic carbocycles. The molecule has 0 radical (unpaired) electrons. The maximum Gasteiger partial charge on any atom is 0.328 e. The Morgan fingerprint density at radius 1 is 1.09 bits per heavy atom. The summed E-state index contributed by atoms with van der Waals surface area (Å²) < 4.78 is 12.3.